The molecule has 0 aliphatic carbocycles. The number of ether oxygens (including phenoxy) is 3. The van der Waals surface area contributed by atoms with Crippen LogP contribution in [0.3, 0.4) is 0 Å². The first-order valence-electron chi connectivity index (χ1n) is 8.90. The van der Waals surface area contributed by atoms with E-state index >= 15 is 0 Å². The highest BCUT2D eigenvalue weighted by molar-refractivity contribution is 5.27. The lowest BCUT2D eigenvalue weighted by molar-refractivity contribution is -0.287. The number of hydrogen-bond donors (Lipinski definition) is 5. The summed E-state index contributed by atoms with van der Waals surface area (Å²) in [5.41, 5.74) is 1.45. The second kappa shape index (κ2) is 9.33. The van der Waals surface area contributed by atoms with Crippen molar-refractivity contribution in [3.05, 3.63) is 59.7 Å². The first kappa shape index (κ1) is 20.5. The molecule has 5 atom stereocenters. The summed E-state index contributed by atoms with van der Waals surface area (Å²) in [5, 5.41) is 48.9. The second-order valence-corrected chi connectivity index (χ2v) is 6.57. The highest BCUT2D eigenvalue weighted by atomic mass is 16.7. The van der Waals surface area contributed by atoms with E-state index in [1.165, 1.54) is 12.1 Å². The topological polar surface area (TPSA) is 129 Å². The summed E-state index contributed by atoms with van der Waals surface area (Å²) in [6, 6.07) is 12.9. The van der Waals surface area contributed by atoms with Gasteiger partial charge in [-0.25, -0.2) is 0 Å². The third kappa shape index (κ3) is 4.79. The number of aromatic hydroxyl groups is 1. The van der Waals surface area contributed by atoms with Crippen molar-refractivity contribution in [2.45, 2.75) is 43.9 Å². The van der Waals surface area contributed by atoms with Crippen LogP contribution in [0.25, 0.3) is 0 Å². The van der Waals surface area contributed by atoms with Crippen molar-refractivity contribution in [3.8, 4) is 11.5 Å². The van der Waals surface area contributed by atoms with E-state index in [4.69, 9.17) is 19.3 Å². The highest BCUT2D eigenvalue weighted by Gasteiger charge is 2.46. The Morgan fingerprint density at radius 1 is 0.857 bits per heavy atom. The molecule has 1 aliphatic heterocycles. The normalized spacial score (nSPS) is 27.5. The van der Waals surface area contributed by atoms with Crippen molar-refractivity contribution in [3.63, 3.8) is 0 Å². The summed E-state index contributed by atoms with van der Waals surface area (Å²) in [6.45, 7) is -0.440. The SMILES string of the molecule is OCc1ccc(O[C@@H]2O[C@H](CO)[C@@H](OCc3ccc(O)cc3)[C@H](O)[C@H]2O)cc1. The monoisotopic (exact) mass is 392 g/mol. The fraction of sp³-hybridized carbons (Fsp3) is 0.400. The molecule has 8 heteroatoms. The molecular weight excluding hydrogens is 368 g/mol. The standard InChI is InChI=1S/C20H24O8/c21-9-12-3-7-15(8-4-12)27-20-18(25)17(24)19(16(10-22)28-20)26-11-13-1-5-14(23)6-2-13/h1-8,16-25H,9-11H2/t16-,17-,18-,19-,20-/m1/s1. The average Bonchev–Trinajstić information content (AvgIpc) is 2.72. The first-order chi connectivity index (χ1) is 13.5. The molecule has 1 aliphatic rings. The van der Waals surface area contributed by atoms with E-state index in [1.54, 1.807) is 36.4 Å². The summed E-state index contributed by atoms with van der Waals surface area (Å²) in [4.78, 5) is 0. The van der Waals surface area contributed by atoms with Gasteiger partial charge in [-0.1, -0.05) is 24.3 Å². The number of aliphatic hydroxyl groups is 4. The van der Waals surface area contributed by atoms with Crippen LogP contribution in [0.4, 0.5) is 0 Å². The van der Waals surface area contributed by atoms with Gasteiger partial charge in [0, 0.05) is 0 Å². The van der Waals surface area contributed by atoms with Gasteiger partial charge in [-0.3, -0.25) is 0 Å². The van der Waals surface area contributed by atoms with Crippen molar-refractivity contribution >= 4 is 0 Å². The van der Waals surface area contributed by atoms with E-state index in [2.05, 4.69) is 0 Å². The van der Waals surface area contributed by atoms with Crippen molar-refractivity contribution in [2.75, 3.05) is 6.61 Å². The maximum absolute atomic E-state index is 10.5. The average molecular weight is 392 g/mol. The smallest absolute Gasteiger partial charge is 0.229 e. The zero-order valence-corrected chi connectivity index (χ0v) is 15.1. The maximum atomic E-state index is 10.5. The summed E-state index contributed by atoms with van der Waals surface area (Å²) in [6.07, 6.45) is -5.81. The molecule has 0 radical (unpaired) electrons. The zero-order valence-electron chi connectivity index (χ0n) is 15.1. The predicted molar refractivity (Wildman–Crippen MR) is 97.4 cm³/mol. The van der Waals surface area contributed by atoms with E-state index < -0.39 is 37.3 Å². The van der Waals surface area contributed by atoms with Crippen molar-refractivity contribution < 1.29 is 39.7 Å². The lowest BCUT2D eigenvalue weighted by atomic mass is 9.99. The molecule has 2 aromatic rings. The first-order valence-corrected chi connectivity index (χ1v) is 8.90. The Morgan fingerprint density at radius 2 is 1.50 bits per heavy atom. The van der Waals surface area contributed by atoms with E-state index in [0.717, 1.165) is 5.56 Å². The fourth-order valence-electron chi connectivity index (χ4n) is 2.95. The molecule has 1 saturated heterocycles. The van der Waals surface area contributed by atoms with Crippen LogP contribution >= 0.6 is 0 Å². The molecule has 28 heavy (non-hydrogen) atoms. The Morgan fingerprint density at radius 3 is 2.11 bits per heavy atom. The molecule has 8 nitrogen and oxygen atoms in total. The van der Waals surface area contributed by atoms with Crippen LogP contribution in [0.2, 0.25) is 0 Å². The van der Waals surface area contributed by atoms with E-state index in [-0.39, 0.29) is 19.0 Å². The summed E-state index contributed by atoms with van der Waals surface area (Å²) >= 11 is 0. The molecule has 0 bridgehead atoms. The van der Waals surface area contributed by atoms with Gasteiger partial charge in [-0.2, -0.15) is 0 Å². The molecule has 5 N–H and O–H groups in total. The Labute approximate surface area is 162 Å². The number of aliphatic hydroxyl groups excluding tert-OH is 4. The fourth-order valence-corrected chi connectivity index (χ4v) is 2.95. The van der Waals surface area contributed by atoms with Crippen LogP contribution in [0.1, 0.15) is 11.1 Å². The number of phenolic OH excluding ortho intramolecular Hbond substituents is 1. The van der Waals surface area contributed by atoms with Crippen molar-refractivity contribution in [1.82, 2.24) is 0 Å². The van der Waals surface area contributed by atoms with Gasteiger partial charge in [-0.05, 0) is 35.4 Å². The minimum absolute atomic E-state index is 0.0999. The van der Waals surface area contributed by atoms with Gasteiger partial charge in [-0.15, -0.1) is 0 Å². The molecule has 2 aromatic carbocycles. The number of hydrogen-bond acceptors (Lipinski definition) is 8. The van der Waals surface area contributed by atoms with Gasteiger partial charge < -0.3 is 39.7 Å². The molecule has 0 saturated carbocycles. The van der Waals surface area contributed by atoms with Crippen LogP contribution in [0.5, 0.6) is 11.5 Å². The largest absolute Gasteiger partial charge is 0.508 e. The zero-order chi connectivity index (χ0) is 20.1. The van der Waals surface area contributed by atoms with Gasteiger partial charge in [0.25, 0.3) is 0 Å². The summed E-state index contributed by atoms with van der Waals surface area (Å²) in [7, 11) is 0. The van der Waals surface area contributed by atoms with Gasteiger partial charge >= 0.3 is 0 Å². The van der Waals surface area contributed by atoms with Crippen LogP contribution in [-0.2, 0) is 22.7 Å². The van der Waals surface area contributed by atoms with Gasteiger partial charge in [0.2, 0.25) is 6.29 Å². The predicted octanol–water partition coefficient (Wildman–Crippen LogP) is 0.288. The second-order valence-electron chi connectivity index (χ2n) is 6.57. The van der Waals surface area contributed by atoms with Crippen LogP contribution in [0, 0.1) is 0 Å². The number of phenols is 1. The highest BCUT2D eigenvalue weighted by Crippen LogP contribution is 2.27. The Kier molecular flexibility index (Phi) is 6.84. The Bertz CT molecular complexity index is 731. The molecule has 0 amide bonds. The summed E-state index contributed by atoms with van der Waals surface area (Å²) < 4.78 is 16.9. The van der Waals surface area contributed by atoms with Crippen molar-refractivity contribution in [2.24, 2.45) is 0 Å². The third-order valence-corrected chi connectivity index (χ3v) is 4.56. The molecule has 1 heterocycles. The van der Waals surface area contributed by atoms with Crippen LogP contribution in [-0.4, -0.2) is 62.8 Å². The minimum Gasteiger partial charge on any atom is -0.508 e. The van der Waals surface area contributed by atoms with Gasteiger partial charge in [0.05, 0.1) is 19.8 Å². The Balaban J connectivity index is 1.64. The van der Waals surface area contributed by atoms with Gasteiger partial charge in [0.15, 0.2) is 0 Å². The maximum Gasteiger partial charge on any atom is 0.229 e. The third-order valence-electron chi connectivity index (χ3n) is 4.56. The molecule has 0 spiro atoms. The van der Waals surface area contributed by atoms with E-state index in [0.29, 0.717) is 11.3 Å². The molecule has 3 rings (SSSR count). The lowest BCUT2D eigenvalue weighted by Crippen LogP contribution is -2.60. The van der Waals surface area contributed by atoms with Gasteiger partial charge in [0.1, 0.15) is 35.9 Å². The van der Waals surface area contributed by atoms with Crippen LogP contribution in [0.15, 0.2) is 48.5 Å². The molecular formula is C20H24O8. The van der Waals surface area contributed by atoms with Crippen molar-refractivity contribution in [1.29, 1.82) is 0 Å². The quantitative estimate of drug-likeness (QED) is 0.455. The molecule has 0 aromatic heterocycles. The number of rotatable bonds is 7. The molecule has 152 valence electrons. The van der Waals surface area contributed by atoms with Crippen LogP contribution < -0.4 is 4.74 Å². The lowest BCUT2D eigenvalue weighted by Gasteiger charge is -2.41. The summed E-state index contributed by atoms with van der Waals surface area (Å²) in [5.74, 6) is 0.508. The molecule has 1 fully saturated rings. The van der Waals surface area contributed by atoms with E-state index in [1.807, 2.05) is 0 Å². The molecule has 0 unspecified atom stereocenters. The van der Waals surface area contributed by atoms with E-state index in [9.17, 15) is 20.4 Å². The Hall–Kier alpha value is -2.20. The minimum atomic E-state index is -1.40. The number of benzene rings is 2.